The quantitative estimate of drug-likeness (QED) is 0.0652. The normalized spacial score (nSPS) is 25.4. The molecule has 2 aliphatic rings. The van der Waals surface area contributed by atoms with Crippen molar-refractivity contribution < 1.29 is 52.8 Å². The average Bonchev–Trinajstić information content (AvgIpc) is 3.58. The van der Waals surface area contributed by atoms with Crippen LogP contribution in [0.2, 0.25) is 0 Å². The number of ether oxygens (including phenoxy) is 9. The molecular formula is C54H58O11. The number of aliphatic hydroxyl groups is 2. The first-order chi connectivity index (χ1) is 32.0. The van der Waals surface area contributed by atoms with E-state index in [-0.39, 0.29) is 52.9 Å². The van der Waals surface area contributed by atoms with Gasteiger partial charge in [0, 0.05) is 0 Å². The Hall–Kier alpha value is -5.12. The van der Waals surface area contributed by atoms with Crippen LogP contribution < -0.4 is 0 Å². The summed E-state index contributed by atoms with van der Waals surface area (Å²) in [6, 6.07) is 58.8. The lowest BCUT2D eigenvalue weighted by atomic mass is 9.97. The highest BCUT2D eigenvalue weighted by molar-refractivity contribution is 5.18. The fraction of sp³-hybridized carbons (Fsp3) is 0.333. The van der Waals surface area contributed by atoms with Crippen molar-refractivity contribution >= 4 is 0 Å². The molecule has 2 saturated heterocycles. The molecule has 65 heavy (non-hydrogen) atoms. The van der Waals surface area contributed by atoms with Gasteiger partial charge >= 0.3 is 0 Å². The Morgan fingerprint density at radius 1 is 0.400 bits per heavy atom. The van der Waals surface area contributed by atoms with Gasteiger partial charge in [0.25, 0.3) is 0 Å². The van der Waals surface area contributed by atoms with Crippen molar-refractivity contribution in [2.45, 2.75) is 94.4 Å². The summed E-state index contributed by atoms with van der Waals surface area (Å²) >= 11 is 0. The van der Waals surface area contributed by atoms with Crippen LogP contribution in [0.1, 0.15) is 33.4 Å². The van der Waals surface area contributed by atoms with Gasteiger partial charge in [0.2, 0.25) is 5.79 Å². The van der Waals surface area contributed by atoms with Gasteiger partial charge in [-0.1, -0.05) is 182 Å². The molecule has 2 aliphatic heterocycles. The molecule has 0 aromatic heterocycles. The number of aliphatic hydroxyl groups excluding tert-OH is 2. The summed E-state index contributed by atoms with van der Waals surface area (Å²) in [6.07, 6.45) is -8.56. The first-order valence-corrected chi connectivity index (χ1v) is 22.2. The van der Waals surface area contributed by atoms with Crippen molar-refractivity contribution in [1.82, 2.24) is 0 Å². The summed E-state index contributed by atoms with van der Waals surface area (Å²) in [5, 5.41) is 23.8. The van der Waals surface area contributed by atoms with Gasteiger partial charge in [0.05, 0.1) is 52.9 Å². The van der Waals surface area contributed by atoms with E-state index in [1.807, 2.05) is 182 Å². The first kappa shape index (κ1) is 46.4. The Bertz CT molecular complexity index is 2220. The number of hydrogen-bond donors (Lipinski definition) is 2. The molecule has 0 aliphatic carbocycles. The second kappa shape index (κ2) is 23.9. The Balaban J connectivity index is 1.13. The van der Waals surface area contributed by atoms with Gasteiger partial charge in [0.15, 0.2) is 6.29 Å². The second-order valence-electron chi connectivity index (χ2n) is 16.3. The molecule has 6 aromatic carbocycles. The highest BCUT2D eigenvalue weighted by Crippen LogP contribution is 2.39. The Morgan fingerprint density at radius 2 is 0.754 bits per heavy atom. The molecule has 0 radical (unpaired) electrons. The maximum Gasteiger partial charge on any atom is 0.224 e. The largest absolute Gasteiger partial charge is 0.387 e. The molecule has 11 nitrogen and oxygen atoms in total. The van der Waals surface area contributed by atoms with Gasteiger partial charge in [0.1, 0.15) is 49.3 Å². The fourth-order valence-corrected chi connectivity index (χ4v) is 8.03. The van der Waals surface area contributed by atoms with E-state index in [2.05, 4.69) is 0 Å². The minimum absolute atomic E-state index is 0.0372. The van der Waals surface area contributed by atoms with Gasteiger partial charge < -0.3 is 52.8 Å². The van der Waals surface area contributed by atoms with Gasteiger partial charge in [-0.15, -0.1) is 0 Å². The third-order valence-electron chi connectivity index (χ3n) is 11.5. The third-order valence-corrected chi connectivity index (χ3v) is 11.5. The molecule has 2 heterocycles. The van der Waals surface area contributed by atoms with E-state index in [0.717, 1.165) is 33.4 Å². The Morgan fingerprint density at radius 3 is 1.18 bits per heavy atom. The van der Waals surface area contributed by atoms with Gasteiger partial charge in [-0.3, -0.25) is 0 Å². The van der Waals surface area contributed by atoms with Crippen molar-refractivity contribution in [1.29, 1.82) is 0 Å². The molecule has 11 heteroatoms. The average molecular weight is 883 g/mol. The molecule has 9 atom stereocenters. The summed E-state index contributed by atoms with van der Waals surface area (Å²) in [7, 11) is 0. The van der Waals surface area contributed by atoms with E-state index in [1.165, 1.54) is 0 Å². The van der Waals surface area contributed by atoms with Crippen molar-refractivity contribution in [2.75, 3.05) is 19.8 Å². The summed E-state index contributed by atoms with van der Waals surface area (Å²) in [5.74, 6) is -1.95. The SMILES string of the molecule is O[C@H]1[C@@H](O)[C@](COCc2ccccc2)(O[C@@H]2O[C@H](COCc3ccccc3)[C@@H](OCc3ccccc3)[C@H](OCc3ccccc3)[C@@H]2OCc2ccccc2)O[C@@H]1COCc1ccccc1. The predicted molar refractivity (Wildman–Crippen MR) is 243 cm³/mol. The predicted octanol–water partition coefficient (Wildman–Crippen LogP) is 7.95. The Labute approximate surface area is 381 Å². The highest BCUT2D eigenvalue weighted by Gasteiger charge is 2.60. The molecule has 0 saturated carbocycles. The van der Waals surface area contributed by atoms with Gasteiger partial charge in [-0.2, -0.15) is 0 Å². The van der Waals surface area contributed by atoms with E-state index in [9.17, 15) is 10.2 Å². The van der Waals surface area contributed by atoms with Crippen LogP contribution in [-0.2, 0) is 82.3 Å². The monoisotopic (exact) mass is 882 g/mol. The van der Waals surface area contributed by atoms with Crippen molar-refractivity contribution in [3.8, 4) is 0 Å². The summed E-state index contributed by atoms with van der Waals surface area (Å²) in [5.41, 5.74) is 5.66. The van der Waals surface area contributed by atoms with Crippen LogP contribution in [0.4, 0.5) is 0 Å². The molecule has 0 bridgehead atoms. The smallest absolute Gasteiger partial charge is 0.224 e. The van der Waals surface area contributed by atoms with Crippen molar-refractivity contribution in [2.24, 2.45) is 0 Å². The third kappa shape index (κ3) is 13.0. The fourth-order valence-electron chi connectivity index (χ4n) is 8.03. The molecule has 6 aromatic rings. The zero-order valence-corrected chi connectivity index (χ0v) is 36.4. The maximum absolute atomic E-state index is 12.1. The van der Waals surface area contributed by atoms with Crippen LogP contribution in [-0.4, -0.2) is 84.8 Å². The standard InChI is InChI=1S/C54H58O11/c55-48-46(37-57-31-40-19-7-1-8-20-40)64-54(52(48)56,39-59-33-42-23-11-3-12-24-42)65-53-51(62-36-45-29-17-6-18-30-45)50(61-35-44-27-15-5-16-28-44)49(60-34-43-25-13-4-14-26-43)47(63-53)38-58-32-41-21-9-2-10-22-41/h1-30,46-53,55-56H,31-39H2/t46-,47-,48-,49-,50+,51+,52-,53+,54+/m1/s1. The first-order valence-electron chi connectivity index (χ1n) is 22.2. The summed E-state index contributed by atoms with van der Waals surface area (Å²) in [4.78, 5) is 0. The van der Waals surface area contributed by atoms with Gasteiger partial charge in [-0.05, 0) is 33.4 Å². The topological polar surface area (TPSA) is 124 Å². The van der Waals surface area contributed by atoms with E-state index in [4.69, 9.17) is 42.6 Å². The van der Waals surface area contributed by atoms with Gasteiger partial charge in [-0.25, -0.2) is 0 Å². The molecule has 2 N–H and O–H groups in total. The van der Waals surface area contributed by atoms with Crippen molar-refractivity contribution in [3.05, 3.63) is 215 Å². The van der Waals surface area contributed by atoms with Crippen LogP contribution >= 0.6 is 0 Å². The van der Waals surface area contributed by atoms with Crippen LogP contribution in [0.15, 0.2) is 182 Å². The minimum Gasteiger partial charge on any atom is -0.387 e. The number of hydrogen-bond acceptors (Lipinski definition) is 11. The molecule has 8 rings (SSSR count). The van der Waals surface area contributed by atoms with Crippen LogP contribution in [0, 0.1) is 0 Å². The second-order valence-corrected chi connectivity index (χ2v) is 16.3. The molecule has 2 fully saturated rings. The lowest BCUT2D eigenvalue weighted by Crippen LogP contribution is -2.64. The Kier molecular flexibility index (Phi) is 17.1. The number of rotatable bonds is 23. The lowest BCUT2D eigenvalue weighted by molar-refractivity contribution is -0.396. The minimum atomic E-state index is -1.95. The zero-order valence-electron chi connectivity index (χ0n) is 36.4. The van der Waals surface area contributed by atoms with E-state index < -0.39 is 54.8 Å². The van der Waals surface area contributed by atoms with Crippen molar-refractivity contribution in [3.63, 3.8) is 0 Å². The maximum atomic E-state index is 12.1. The van der Waals surface area contributed by atoms with Crippen LogP contribution in [0.5, 0.6) is 0 Å². The molecule has 0 amide bonds. The van der Waals surface area contributed by atoms with Crippen LogP contribution in [0.3, 0.4) is 0 Å². The lowest BCUT2D eigenvalue weighted by Gasteiger charge is -2.48. The zero-order chi connectivity index (χ0) is 44.5. The van der Waals surface area contributed by atoms with E-state index in [0.29, 0.717) is 6.61 Å². The highest BCUT2D eigenvalue weighted by atomic mass is 16.8. The summed E-state index contributed by atoms with van der Waals surface area (Å²) < 4.78 is 60.0. The summed E-state index contributed by atoms with van der Waals surface area (Å²) in [6.45, 7) is 1.18. The molecular weight excluding hydrogens is 825 g/mol. The van der Waals surface area contributed by atoms with Crippen LogP contribution in [0.25, 0.3) is 0 Å². The van der Waals surface area contributed by atoms with E-state index in [1.54, 1.807) is 0 Å². The van der Waals surface area contributed by atoms with E-state index >= 15 is 0 Å². The molecule has 0 unspecified atom stereocenters. The molecule has 340 valence electrons. The molecule has 0 spiro atoms. The number of benzene rings is 6.